The van der Waals surface area contributed by atoms with Crippen LogP contribution in [0.25, 0.3) is 0 Å². The summed E-state index contributed by atoms with van der Waals surface area (Å²) in [6.07, 6.45) is 5.48. The normalized spacial score (nSPS) is 28.3. The zero-order valence-electron chi connectivity index (χ0n) is 12.5. The predicted molar refractivity (Wildman–Crippen MR) is 74.4 cm³/mol. The van der Waals surface area contributed by atoms with E-state index in [2.05, 4.69) is 24.2 Å². The van der Waals surface area contributed by atoms with Gasteiger partial charge in [-0.2, -0.15) is 0 Å². The molecule has 1 aromatic rings. The van der Waals surface area contributed by atoms with Crippen LogP contribution in [-0.4, -0.2) is 28.1 Å². The molecule has 2 bridgehead atoms. The second kappa shape index (κ2) is 5.19. The quantitative estimate of drug-likeness (QED) is 0.794. The number of carbonyl (C=O) groups excluding carboxylic acids is 1. The molecule has 0 N–H and O–H groups in total. The molecule has 0 amide bonds. The molecule has 0 aromatic carbocycles. The highest BCUT2D eigenvalue weighted by molar-refractivity contribution is 5.88. The minimum absolute atomic E-state index is 0.220. The number of ether oxygens (including phenoxy) is 1. The molecule has 3 rings (SSSR count). The van der Waals surface area contributed by atoms with Crippen LogP contribution in [0.1, 0.15) is 61.6 Å². The maximum absolute atomic E-state index is 11.8. The summed E-state index contributed by atoms with van der Waals surface area (Å²) in [7, 11) is 1.39. The van der Waals surface area contributed by atoms with E-state index in [0.29, 0.717) is 11.6 Å². The van der Waals surface area contributed by atoms with Gasteiger partial charge in [-0.05, 0) is 42.9 Å². The van der Waals surface area contributed by atoms with Crippen molar-refractivity contribution in [1.29, 1.82) is 0 Å². The molecule has 5 nitrogen and oxygen atoms in total. The predicted octanol–water partition coefficient (Wildman–Crippen LogP) is 2.62. The van der Waals surface area contributed by atoms with E-state index < -0.39 is 0 Å². The van der Waals surface area contributed by atoms with Crippen LogP contribution in [0.3, 0.4) is 0 Å². The highest BCUT2D eigenvalue weighted by Gasteiger charge is 2.40. The Hall–Kier alpha value is -1.39. The van der Waals surface area contributed by atoms with Gasteiger partial charge in [0.2, 0.25) is 0 Å². The lowest BCUT2D eigenvalue weighted by atomic mass is 9.88. The van der Waals surface area contributed by atoms with Crippen molar-refractivity contribution < 1.29 is 9.53 Å². The van der Waals surface area contributed by atoms with Crippen molar-refractivity contribution >= 4 is 5.97 Å². The molecule has 20 heavy (non-hydrogen) atoms. The Labute approximate surface area is 119 Å². The molecule has 3 unspecified atom stereocenters. The van der Waals surface area contributed by atoms with Gasteiger partial charge in [-0.1, -0.05) is 25.5 Å². The topological polar surface area (TPSA) is 57.0 Å². The Morgan fingerprint density at radius 2 is 2.20 bits per heavy atom. The van der Waals surface area contributed by atoms with Crippen molar-refractivity contribution in [3.63, 3.8) is 0 Å². The molecule has 0 radical (unpaired) electrons. The first kappa shape index (κ1) is 13.6. The van der Waals surface area contributed by atoms with Crippen LogP contribution < -0.4 is 0 Å². The van der Waals surface area contributed by atoms with E-state index in [9.17, 15) is 4.79 Å². The molecule has 3 atom stereocenters. The summed E-state index contributed by atoms with van der Waals surface area (Å²) in [5.41, 5.74) is 1.30. The molecule has 1 aromatic heterocycles. The average Bonchev–Trinajstić information content (AvgIpc) is 3.12. The zero-order chi connectivity index (χ0) is 14.3. The lowest BCUT2D eigenvalue weighted by Gasteiger charge is -2.22. The third-order valence-corrected chi connectivity index (χ3v) is 4.99. The van der Waals surface area contributed by atoms with E-state index >= 15 is 0 Å². The summed E-state index contributed by atoms with van der Waals surface area (Å²) in [4.78, 5) is 11.8. The first-order chi connectivity index (χ1) is 9.60. The van der Waals surface area contributed by atoms with Crippen LogP contribution in [0.5, 0.6) is 0 Å². The summed E-state index contributed by atoms with van der Waals surface area (Å²) in [5.74, 6) is 2.32. The van der Waals surface area contributed by atoms with Crippen molar-refractivity contribution in [3.05, 3.63) is 11.4 Å². The van der Waals surface area contributed by atoms with Crippen LogP contribution in [0.4, 0.5) is 0 Å². The maximum Gasteiger partial charge on any atom is 0.360 e. The molecular weight excluding hydrogens is 254 g/mol. The van der Waals surface area contributed by atoms with E-state index in [0.717, 1.165) is 24.1 Å². The Morgan fingerprint density at radius 1 is 1.40 bits per heavy atom. The SMILES string of the molecule is COC(=O)c1nnn(CC2CC3CCC2C3)c1C(C)C. The van der Waals surface area contributed by atoms with E-state index in [1.165, 1.54) is 32.8 Å². The highest BCUT2D eigenvalue weighted by Crippen LogP contribution is 2.48. The summed E-state index contributed by atoms with van der Waals surface area (Å²) in [6, 6.07) is 0. The van der Waals surface area contributed by atoms with Crippen LogP contribution >= 0.6 is 0 Å². The number of methoxy groups -OCH3 is 1. The fraction of sp³-hybridized carbons (Fsp3) is 0.800. The zero-order valence-corrected chi connectivity index (χ0v) is 12.5. The maximum atomic E-state index is 11.8. The molecular formula is C15H23N3O2. The molecule has 110 valence electrons. The van der Waals surface area contributed by atoms with Gasteiger partial charge in [0.15, 0.2) is 5.69 Å². The molecule has 2 aliphatic rings. The smallest absolute Gasteiger partial charge is 0.360 e. The van der Waals surface area contributed by atoms with Crippen LogP contribution in [-0.2, 0) is 11.3 Å². The number of esters is 1. The summed E-state index contributed by atoms with van der Waals surface area (Å²) < 4.78 is 6.75. The first-order valence-corrected chi connectivity index (χ1v) is 7.61. The molecule has 0 aliphatic heterocycles. The van der Waals surface area contributed by atoms with Crippen LogP contribution in [0, 0.1) is 17.8 Å². The van der Waals surface area contributed by atoms with Gasteiger partial charge in [0.1, 0.15) is 0 Å². The number of rotatable bonds is 4. The van der Waals surface area contributed by atoms with E-state index in [4.69, 9.17) is 4.74 Å². The van der Waals surface area contributed by atoms with Gasteiger partial charge in [-0.25, -0.2) is 9.48 Å². The van der Waals surface area contributed by atoms with Gasteiger partial charge in [0.05, 0.1) is 12.8 Å². The van der Waals surface area contributed by atoms with E-state index in [1.807, 2.05) is 4.68 Å². The molecule has 0 saturated heterocycles. The number of carbonyl (C=O) groups is 1. The van der Waals surface area contributed by atoms with Crippen molar-refractivity contribution in [2.24, 2.45) is 17.8 Å². The Morgan fingerprint density at radius 3 is 2.75 bits per heavy atom. The fourth-order valence-corrected chi connectivity index (χ4v) is 4.09. The first-order valence-electron chi connectivity index (χ1n) is 7.61. The fourth-order valence-electron chi connectivity index (χ4n) is 4.09. The van der Waals surface area contributed by atoms with Gasteiger partial charge in [0.25, 0.3) is 0 Å². The van der Waals surface area contributed by atoms with E-state index in [1.54, 1.807) is 0 Å². The molecule has 2 aliphatic carbocycles. The van der Waals surface area contributed by atoms with Crippen LogP contribution in [0.2, 0.25) is 0 Å². The summed E-state index contributed by atoms with van der Waals surface area (Å²) >= 11 is 0. The number of nitrogens with zero attached hydrogens (tertiary/aromatic N) is 3. The van der Waals surface area contributed by atoms with Gasteiger partial charge < -0.3 is 4.74 Å². The third-order valence-electron chi connectivity index (χ3n) is 4.99. The Kier molecular flexibility index (Phi) is 3.52. The Bertz CT molecular complexity index is 509. The van der Waals surface area contributed by atoms with Gasteiger partial charge in [-0.3, -0.25) is 0 Å². The van der Waals surface area contributed by atoms with Gasteiger partial charge in [0, 0.05) is 6.54 Å². The number of fused-ring (bicyclic) bond motifs is 2. The number of hydrogen-bond acceptors (Lipinski definition) is 4. The second-order valence-electron chi connectivity index (χ2n) is 6.59. The van der Waals surface area contributed by atoms with Gasteiger partial charge in [-0.15, -0.1) is 5.10 Å². The molecule has 2 saturated carbocycles. The second-order valence-corrected chi connectivity index (χ2v) is 6.59. The monoisotopic (exact) mass is 277 g/mol. The largest absolute Gasteiger partial charge is 0.464 e. The highest BCUT2D eigenvalue weighted by atomic mass is 16.5. The van der Waals surface area contributed by atoms with E-state index in [-0.39, 0.29) is 11.9 Å². The third kappa shape index (κ3) is 2.23. The van der Waals surface area contributed by atoms with Crippen LogP contribution in [0.15, 0.2) is 0 Å². The molecule has 2 fully saturated rings. The Balaban J connectivity index is 1.82. The molecule has 0 spiro atoms. The van der Waals surface area contributed by atoms with Crippen molar-refractivity contribution in [2.45, 2.75) is 52.0 Å². The minimum Gasteiger partial charge on any atom is -0.464 e. The average molecular weight is 277 g/mol. The molecule has 5 heteroatoms. The standard InChI is InChI=1S/C15H23N3O2/c1-9(2)14-13(15(19)20-3)16-17-18(14)8-12-7-10-4-5-11(12)6-10/h9-12H,4-8H2,1-3H3. The lowest BCUT2D eigenvalue weighted by Crippen LogP contribution is -2.20. The molecule has 1 heterocycles. The lowest BCUT2D eigenvalue weighted by molar-refractivity contribution is 0.0592. The summed E-state index contributed by atoms with van der Waals surface area (Å²) in [6.45, 7) is 5.05. The van der Waals surface area contributed by atoms with Crippen molar-refractivity contribution in [3.8, 4) is 0 Å². The number of hydrogen-bond donors (Lipinski definition) is 0. The van der Waals surface area contributed by atoms with Crippen molar-refractivity contribution in [2.75, 3.05) is 7.11 Å². The summed E-state index contributed by atoms with van der Waals surface area (Å²) in [5, 5.41) is 8.27. The number of aromatic nitrogens is 3. The van der Waals surface area contributed by atoms with Gasteiger partial charge >= 0.3 is 5.97 Å². The minimum atomic E-state index is -0.382. The van der Waals surface area contributed by atoms with Crippen molar-refractivity contribution in [1.82, 2.24) is 15.0 Å².